The zero-order chi connectivity index (χ0) is 13.7. The molecular weight excluding hydrogens is 216 g/mol. The Morgan fingerprint density at radius 1 is 1.24 bits per heavy atom. The lowest BCUT2D eigenvalue weighted by molar-refractivity contribution is -0.106. The molecule has 3 heteroatoms. The lowest BCUT2D eigenvalue weighted by Crippen LogP contribution is -2.19. The average Bonchev–Trinajstić information content (AvgIpc) is 2.19. The monoisotopic (exact) mass is 246 g/mol. The molecule has 0 aromatic heterocycles. The summed E-state index contributed by atoms with van der Waals surface area (Å²) in [5, 5.41) is 17.1. The minimum Gasteiger partial charge on any atom is -0.396 e. The van der Waals surface area contributed by atoms with Gasteiger partial charge in [-0.15, -0.1) is 0 Å². The van der Waals surface area contributed by atoms with Gasteiger partial charge in [-0.1, -0.05) is 39.0 Å². The van der Waals surface area contributed by atoms with Crippen molar-refractivity contribution in [1.82, 2.24) is 0 Å². The zero-order valence-corrected chi connectivity index (χ0v) is 11.9. The maximum absolute atomic E-state index is 8.86. The van der Waals surface area contributed by atoms with Crippen molar-refractivity contribution in [2.75, 3.05) is 6.61 Å². The highest BCUT2D eigenvalue weighted by atomic mass is 16.3. The van der Waals surface area contributed by atoms with Gasteiger partial charge in [0, 0.05) is 6.61 Å². The van der Waals surface area contributed by atoms with Crippen LogP contribution in [0.5, 0.6) is 0 Å². The molecule has 0 aromatic rings. The average molecular weight is 246 g/mol. The fraction of sp³-hybridized carbons (Fsp3) is 0.929. The molecule has 0 aliphatic heterocycles. The maximum Gasteiger partial charge on any atom is 0.116 e. The molecule has 0 unspecified atom stereocenters. The molecule has 17 heavy (non-hydrogen) atoms. The summed E-state index contributed by atoms with van der Waals surface area (Å²) in [5.41, 5.74) is -0.700. The normalized spacial score (nSPS) is 16.1. The summed E-state index contributed by atoms with van der Waals surface area (Å²) in [6.45, 7) is 7.20. The van der Waals surface area contributed by atoms with Crippen molar-refractivity contribution >= 4 is 6.29 Å². The van der Waals surface area contributed by atoms with Crippen molar-refractivity contribution in [2.24, 2.45) is 5.92 Å². The molecular formula is C14H30O3. The third-order valence-electron chi connectivity index (χ3n) is 2.62. The zero-order valence-electron chi connectivity index (χ0n) is 11.9. The number of hydrogen-bond acceptors (Lipinski definition) is 3. The van der Waals surface area contributed by atoms with Crippen molar-refractivity contribution < 1.29 is 15.0 Å². The molecule has 0 spiro atoms. The molecule has 0 heterocycles. The van der Waals surface area contributed by atoms with E-state index in [-0.39, 0.29) is 6.61 Å². The first-order chi connectivity index (χ1) is 7.87. The number of rotatable bonds is 2. The predicted octanol–water partition coefficient (Wildman–Crippen LogP) is 2.93. The molecule has 1 aliphatic rings. The third kappa shape index (κ3) is 21.4. The summed E-state index contributed by atoms with van der Waals surface area (Å²) in [6, 6.07) is 0. The molecule has 0 radical (unpaired) electrons. The largest absolute Gasteiger partial charge is 0.396 e. The van der Waals surface area contributed by atoms with E-state index in [1.807, 2.05) is 0 Å². The predicted molar refractivity (Wildman–Crippen MR) is 72.0 cm³/mol. The van der Waals surface area contributed by atoms with Crippen LogP contribution in [-0.4, -0.2) is 28.7 Å². The van der Waals surface area contributed by atoms with Gasteiger partial charge in [0.25, 0.3) is 0 Å². The number of aldehydes is 1. The molecule has 0 saturated heterocycles. The first-order valence-corrected chi connectivity index (χ1v) is 6.60. The van der Waals surface area contributed by atoms with Crippen LogP contribution < -0.4 is 0 Å². The topological polar surface area (TPSA) is 57.5 Å². The lowest BCUT2D eigenvalue weighted by Gasteiger charge is -2.15. The van der Waals surface area contributed by atoms with E-state index in [4.69, 9.17) is 15.0 Å². The van der Waals surface area contributed by atoms with Gasteiger partial charge in [-0.05, 0) is 33.1 Å². The van der Waals surface area contributed by atoms with Crippen LogP contribution in [0.2, 0.25) is 0 Å². The van der Waals surface area contributed by atoms with E-state index in [2.05, 4.69) is 6.92 Å². The van der Waals surface area contributed by atoms with E-state index in [1.54, 1.807) is 13.8 Å². The summed E-state index contributed by atoms with van der Waals surface area (Å²) in [7, 11) is 0. The van der Waals surface area contributed by atoms with Gasteiger partial charge in [0.05, 0.1) is 5.60 Å². The van der Waals surface area contributed by atoms with E-state index >= 15 is 0 Å². The van der Waals surface area contributed by atoms with E-state index < -0.39 is 5.60 Å². The molecule has 0 amide bonds. The van der Waals surface area contributed by atoms with Crippen LogP contribution in [0.25, 0.3) is 0 Å². The molecule has 0 aromatic carbocycles. The molecule has 0 bridgehead atoms. The van der Waals surface area contributed by atoms with Gasteiger partial charge in [0.2, 0.25) is 0 Å². The Hall–Kier alpha value is -0.410. The van der Waals surface area contributed by atoms with E-state index in [9.17, 15) is 0 Å². The van der Waals surface area contributed by atoms with Crippen LogP contribution in [0.15, 0.2) is 0 Å². The standard InChI is InChI=1S/C7H14.C5H12O2.C2H4O/c1-7-5-3-2-4-6-7;1-5(2,7)3-4-6;1-2-3/h7H,2-6H2,1H3;6-7H,3-4H2,1-2H3;2H,1H3. The minimum atomic E-state index is -0.700. The smallest absolute Gasteiger partial charge is 0.116 e. The van der Waals surface area contributed by atoms with Crippen molar-refractivity contribution in [3.05, 3.63) is 0 Å². The van der Waals surface area contributed by atoms with Crippen molar-refractivity contribution in [3.8, 4) is 0 Å². The molecule has 1 rings (SSSR count). The van der Waals surface area contributed by atoms with Crippen LogP contribution in [0.4, 0.5) is 0 Å². The minimum absolute atomic E-state index is 0.0590. The second-order valence-corrected chi connectivity index (χ2v) is 5.26. The van der Waals surface area contributed by atoms with Crippen LogP contribution >= 0.6 is 0 Å². The summed E-state index contributed by atoms with van der Waals surface area (Å²) < 4.78 is 0. The molecule has 2 N–H and O–H groups in total. The van der Waals surface area contributed by atoms with E-state index in [0.717, 1.165) is 12.2 Å². The maximum atomic E-state index is 8.86. The second kappa shape index (κ2) is 12.1. The fourth-order valence-corrected chi connectivity index (χ4v) is 1.58. The Morgan fingerprint density at radius 3 is 1.76 bits per heavy atom. The number of hydrogen-bond donors (Lipinski definition) is 2. The Kier molecular flexibility index (Phi) is 13.4. The van der Waals surface area contributed by atoms with Gasteiger partial charge in [0.15, 0.2) is 0 Å². The highest BCUT2D eigenvalue weighted by Crippen LogP contribution is 2.22. The number of carbonyl (C=O) groups is 1. The Morgan fingerprint density at radius 2 is 1.65 bits per heavy atom. The first kappa shape index (κ1) is 18.9. The Labute approximate surface area is 106 Å². The Balaban J connectivity index is 0. The summed E-state index contributed by atoms with van der Waals surface area (Å²) in [4.78, 5) is 8.81. The van der Waals surface area contributed by atoms with Crippen LogP contribution in [0.1, 0.15) is 66.2 Å². The van der Waals surface area contributed by atoms with Gasteiger partial charge in [-0.2, -0.15) is 0 Å². The Bertz CT molecular complexity index is 155. The quantitative estimate of drug-likeness (QED) is 0.737. The molecule has 0 atom stereocenters. The number of aliphatic hydroxyl groups is 2. The highest BCUT2D eigenvalue weighted by molar-refractivity contribution is 5.44. The van der Waals surface area contributed by atoms with Crippen molar-refractivity contribution in [1.29, 1.82) is 0 Å². The molecule has 3 nitrogen and oxygen atoms in total. The molecule has 1 saturated carbocycles. The second-order valence-electron chi connectivity index (χ2n) is 5.26. The third-order valence-corrected chi connectivity index (χ3v) is 2.62. The number of carbonyl (C=O) groups excluding carboxylic acids is 1. The highest BCUT2D eigenvalue weighted by Gasteiger charge is 2.09. The molecule has 104 valence electrons. The molecule has 1 fully saturated rings. The lowest BCUT2D eigenvalue weighted by atomic mass is 9.91. The molecule has 1 aliphatic carbocycles. The summed E-state index contributed by atoms with van der Waals surface area (Å²) in [5.74, 6) is 1.04. The van der Waals surface area contributed by atoms with Gasteiger partial charge in [-0.3, -0.25) is 0 Å². The van der Waals surface area contributed by atoms with Gasteiger partial charge in [0.1, 0.15) is 6.29 Å². The SMILES string of the molecule is CC(C)(O)CCO.CC1CCCCC1.CC=O. The van der Waals surface area contributed by atoms with Crippen molar-refractivity contribution in [2.45, 2.75) is 71.8 Å². The van der Waals surface area contributed by atoms with Crippen LogP contribution in [0.3, 0.4) is 0 Å². The van der Waals surface area contributed by atoms with Crippen molar-refractivity contribution in [3.63, 3.8) is 0 Å². The fourth-order valence-electron chi connectivity index (χ4n) is 1.58. The first-order valence-electron chi connectivity index (χ1n) is 6.60. The summed E-state index contributed by atoms with van der Waals surface area (Å²) >= 11 is 0. The van der Waals surface area contributed by atoms with E-state index in [0.29, 0.717) is 6.42 Å². The van der Waals surface area contributed by atoms with Crippen LogP contribution in [-0.2, 0) is 4.79 Å². The van der Waals surface area contributed by atoms with Gasteiger partial charge < -0.3 is 15.0 Å². The van der Waals surface area contributed by atoms with Crippen LogP contribution in [0, 0.1) is 5.92 Å². The van der Waals surface area contributed by atoms with Gasteiger partial charge >= 0.3 is 0 Å². The van der Waals surface area contributed by atoms with E-state index in [1.165, 1.54) is 39.0 Å². The van der Waals surface area contributed by atoms with Gasteiger partial charge in [-0.25, -0.2) is 0 Å². The number of aliphatic hydroxyl groups excluding tert-OH is 1. The summed E-state index contributed by atoms with van der Waals surface area (Å²) in [6.07, 6.45) is 8.64.